The van der Waals surface area contributed by atoms with Crippen LogP contribution in [0.25, 0.3) is 10.8 Å². The van der Waals surface area contributed by atoms with Crippen LogP contribution in [0.1, 0.15) is 25.3 Å². The summed E-state index contributed by atoms with van der Waals surface area (Å²) < 4.78 is 0. The van der Waals surface area contributed by atoms with Gasteiger partial charge in [-0.05, 0) is 48.1 Å². The number of fused-ring (bicyclic) bond motifs is 1. The SMILES string of the molecule is CCNC(=NCc1cccc2ccccc12)NCCCCSC. The molecule has 0 saturated carbocycles. The molecule has 124 valence electrons. The number of benzene rings is 2. The summed E-state index contributed by atoms with van der Waals surface area (Å²) in [5.74, 6) is 2.13. The topological polar surface area (TPSA) is 36.4 Å². The normalized spacial score (nSPS) is 11.7. The van der Waals surface area contributed by atoms with Crippen molar-refractivity contribution in [1.29, 1.82) is 0 Å². The monoisotopic (exact) mass is 329 g/mol. The summed E-state index contributed by atoms with van der Waals surface area (Å²) in [5, 5.41) is 9.31. The van der Waals surface area contributed by atoms with Gasteiger partial charge in [0.1, 0.15) is 0 Å². The third kappa shape index (κ3) is 5.79. The molecule has 23 heavy (non-hydrogen) atoms. The average molecular weight is 330 g/mol. The van der Waals surface area contributed by atoms with Crippen molar-refractivity contribution in [2.75, 3.05) is 25.1 Å². The second-order valence-electron chi connectivity index (χ2n) is 5.46. The first-order valence-electron chi connectivity index (χ1n) is 8.33. The van der Waals surface area contributed by atoms with Crippen LogP contribution >= 0.6 is 11.8 Å². The molecule has 0 aliphatic rings. The number of nitrogens with zero attached hydrogens (tertiary/aromatic N) is 1. The maximum atomic E-state index is 4.74. The maximum absolute atomic E-state index is 4.74. The van der Waals surface area contributed by atoms with Crippen molar-refractivity contribution in [3.8, 4) is 0 Å². The summed E-state index contributed by atoms with van der Waals surface area (Å²) in [6, 6.07) is 14.9. The lowest BCUT2D eigenvalue weighted by Crippen LogP contribution is -2.37. The first-order valence-corrected chi connectivity index (χ1v) is 9.72. The average Bonchev–Trinajstić information content (AvgIpc) is 2.59. The zero-order valence-corrected chi connectivity index (χ0v) is 15.0. The summed E-state index contributed by atoms with van der Waals surface area (Å²) in [6.45, 7) is 4.65. The number of guanidine groups is 1. The Balaban J connectivity index is 1.98. The summed E-state index contributed by atoms with van der Waals surface area (Å²) in [7, 11) is 0. The molecule has 0 radical (unpaired) electrons. The molecule has 0 aromatic heterocycles. The Hall–Kier alpha value is -1.68. The highest BCUT2D eigenvalue weighted by Crippen LogP contribution is 2.19. The molecule has 0 saturated heterocycles. The van der Waals surface area contributed by atoms with Crippen molar-refractivity contribution in [3.05, 3.63) is 48.0 Å². The van der Waals surface area contributed by atoms with E-state index in [1.807, 2.05) is 11.8 Å². The molecule has 3 nitrogen and oxygen atoms in total. The molecule has 0 bridgehead atoms. The van der Waals surface area contributed by atoms with Gasteiger partial charge in [0.15, 0.2) is 5.96 Å². The molecule has 0 heterocycles. The molecule has 2 N–H and O–H groups in total. The third-order valence-corrected chi connectivity index (χ3v) is 4.40. The van der Waals surface area contributed by atoms with Crippen molar-refractivity contribution in [3.63, 3.8) is 0 Å². The predicted octanol–water partition coefficient (Wildman–Crippen LogP) is 4.04. The highest BCUT2D eigenvalue weighted by molar-refractivity contribution is 7.98. The van der Waals surface area contributed by atoms with Gasteiger partial charge in [-0.3, -0.25) is 0 Å². The van der Waals surface area contributed by atoms with E-state index in [4.69, 9.17) is 4.99 Å². The number of thioether (sulfide) groups is 1. The van der Waals surface area contributed by atoms with Crippen LogP contribution in [0, 0.1) is 0 Å². The third-order valence-electron chi connectivity index (χ3n) is 3.70. The van der Waals surface area contributed by atoms with Gasteiger partial charge in [0.25, 0.3) is 0 Å². The molecule has 0 aliphatic carbocycles. The van der Waals surface area contributed by atoms with Gasteiger partial charge in [0, 0.05) is 13.1 Å². The van der Waals surface area contributed by atoms with E-state index in [1.54, 1.807) is 0 Å². The second-order valence-corrected chi connectivity index (χ2v) is 6.45. The maximum Gasteiger partial charge on any atom is 0.191 e. The van der Waals surface area contributed by atoms with Gasteiger partial charge < -0.3 is 10.6 Å². The van der Waals surface area contributed by atoms with Crippen LogP contribution in [-0.4, -0.2) is 31.1 Å². The highest BCUT2D eigenvalue weighted by atomic mass is 32.2. The molecule has 2 aromatic carbocycles. The van der Waals surface area contributed by atoms with E-state index in [-0.39, 0.29) is 0 Å². The van der Waals surface area contributed by atoms with E-state index >= 15 is 0 Å². The van der Waals surface area contributed by atoms with Crippen molar-refractivity contribution in [2.24, 2.45) is 4.99 Å². The van der Waals surface area contributed by atoms with Crippen molar-refractivity contribution < 1.29 is 0 Å². The fourth-order valence-electron chi connectivity index (χ4n) is 2.51. The zero-order valence-electron chi connectivity index (χ0n) is 14.1. The van der Waals surface area contributed by atoms with Gasteiger partial charge in [0.05, 0.1) is 6.54 Å². The lowest BCUT2D eigenvalue weighted by molar-refractivity contribution is 0.734. The Morgan fingerprint density at radius 1 is 1.04 bits per heavy atom. The number of rotatable bonds is 8. The molecule has 2 rings (SSSR count). The lowest BCUT2D eigenvalue weighted by atomic mass is 10.1. The molecule has 0 aliphatic heterocycles. The summed E-state index contributed by atoms with van der Waals surface area (Å²) in [4.78, 5) is 4.74. The number of aliphatic imine (C=N–C) groups is 1. The molecule has 0 atom stereocenters. The Morgan fingerprint density at radius 2 is 1.87 bits per heavy atom. The van der Waals surface area contributed by atoms with Crippen molar-refractivity contribution >= 4 is 28.5 Å². The fourth-order valence-corrected chi connectivity index (χ4v) is 3.01. The van der Waals surface area contributed by atoms with Crippen LogP contribution in [-0.2, 0) is 6.54 Å². The van der Waals surface area contributed by atoms with E-state index in [0.29, 0.717) is 6.54 Å². The van der Waals surface area contributed by atoms with Gasteiger partial charge in [-0.25, -0.2) is 4.99 Å². The van der Waals surface area contributed by atoms with E-state index < -0.39 is 0 Å². The number of unbranched alkanes of at least 4 members (excludes halogenated alkanes) is 1. The van der Waals surface area contributed by atoms with Gasteiger partial charge in [-0.2, -0.15) is 11.8 Å². The van der Waals surface area contributed by atoms with Crippen molar-refractivity contribution in [1.82, 2.24) is 10.6 Å². The van der Waals surface area contributed by atoms with Crippen LogP contribution < -0.4 is 10.6 Å². The Kier molecular flexibility index (Phi) is 7.81. The quantitative estimate of drug-likeness (QED) is 0.436. The smallest absolute Gasteiger partial charge is 0.191 e. The number of hydrogen-bond donors (Lipinski definition) is 2. The van der Waals surface area contributed by atoms with Crippen molar-refractivity contribution in [2.45, 2.75) is 26.3 Å². The molecule has 0 fully saturated rings. The van der Waals surface area contributed by atoms with E-state index in [9.17, 15) is 0 Å². The van der Waals surface area contributed by atoms with Gasteiger partial charge >= 0.3 is 0 Å². The highest BCUT2D eigenvalue weighted by Gasteiger charge is 2.01. The number of nitrogens with one attached hydrogen (secondary N) is 2. The summed E-state index contributed by atoms with van der Waals surface area (Å²) >= 11 is 1.91. The first-order chi connectivity index (χ1) is 11.3. The molecule has 0 amide bonds. The summed E-state index contributed by atoms with van der Waals surface area (Å²) in [6.07, 6.45) is 4.58. The van der Waals surface area contributed by atoms with Gasteiger partial charge in [-0.15, -0.1) is 0 Å². The molecule has 0 spiro atoms. The largest absolute Gasteiger partial charge is 0.357 e. The molecular weight excluding hydrogens is 302 g/mol. The first kappa shape index (κ1) is 17.7. The lowest BCUT2D eigenvalue weighted by Gasteiger charge is -2.11. The Bertz CT molecular complexity index is 620. The van der Waals surface area contributed by atoms with Gasteiger partial charge in [-0.1, -0.05) is 42.5 Å². The summed E-state index contributed by atoms with van der Waals surface area (Å²) in [5.41, 5.74) is 1.27. The van der Waals surface area contributed by atoms with E-state index in [2.05, 4.69) is 66.3 Å². The second kappa shape index (κ2) is 10.2. The van der Waals surface area contributed by atoms with Crippen LogP contribution in [0.5, 0.6) is 0 Å². The molecule has 4 heteroatoms. The van der Waals surface area contributed by atoms with Crippen LogP contribution in [0.3, 0.4) is 0 Å². The Labute approximate surface area is 144 Å². The van der Waals surface area contributed by atoms with E-state index in [0.717, 1.165) is 19.0 Å². The van der Waals surface area contributed by atoms with Crippen LogP contribution in [0.15, 0.2) is 47.5 Å². The molecule has 0 unspecified atom stereocenters. The van der Waals surface area contributed by atoms with Crippen LogP contribution in [0.4, 0.5) is 0 Å². The molecular formula is C19H27N3S. The minimum Gasteiger partial charge on any atom is -0.357 e. The minimum atomic E-state index is 0.696. The number of hydrogen-bond acceptors (Lipinski definition) is 2. The van der Waals surface area contributed by atoms with Gasteiger partial charge in [0.2, 0.25) is 0 Å². The zero-order chi connectivity index (χ0) is 16.3. The predicted molar refractivity (Wildman–Crippen MR) is 104 cm³/mol. The van der Waals surface area contributed by atoms with E-state index in [1.165, 1.54) is 34.9 Å². The minimum absolute atomic E-state index is 0.696. The standard InChI is InChI=1S/C19H27N3S/c1-3-20-19(21-13-6-7-14-23-2)22-15-17-11-8-10-16-9-4-5-12-18(16)17/h4-5,8-12H,3,6-7,13-15H2,1-2H3,(H2,20,21,22). The molecule has 2 aromatic rings. The fraction of sp³-hybridized carbons (Fsp3) is 0.421. The van der Waals surface area contributed by atoms with Crippen LogP contribution in [0.2, 0.25) is 0 Å². The Morgan fingerprint density at radius 3 is 2.70 bits per heavy atom.